The Hall–Kier alpha value is -3.69. The Kier molecular flexibility index (Phi) is 17.8. The highest BCUT2D eigenvalue weighted by molar-refractivity contribution is 7.98. The van der Waals surface area contributed by atoms with Gasteiger partial charge in [-0.3, -0.25) is 28.8 Å². The molecule has 1 rings (SSSR count). The van der Waals surface area contributed by atoms with Crippen LogP contribution in [0.2, 0.25) is 0 Å². The Labute approximate surface area is 269 Å². The fourth-order valence-electron chi connectivity index (χ4n) is 4.23. The number of carbonyl (C=O) groups is 6. The maximum Gasteiger partial charge on any atom is 0.243 e. The van der Waals surface area contributed by atoms with Gasteiger partial charge in [0.05, 0.1) is 13.2 Å². The first kappa shape index (κ1) is 39.3. The minimum absolute atomic E-state index is 0.0191. The molecule has 6 amide bonds. The zero-order valence-corrected chi connectivity index (χ0v) is 27.4. The normalized spacial score (nSPS) is 14.4. The van der Waals surface area contributed by atoms with Gasteiger partial charge in [-0.2, -0.15) is 11.8 Å². The van der Waals surface area contributed by atoms with Crippen molar-refractivity contribution in [3.05, 3.63) is 35.9 Å². The van der Waals surface area contributed by atoms with Gasteiger partial charge in [-0.25, -0.2) is 0 Å². The maximum absolute atomic E-state index is 13.3. The molecule has 252 valence electrons. The molecular formula is C30H49N7O7S. The number of aliphatic hydroxyl groups excluding tert-OH is 1. The lowest BCUT2D eigenvalue weighted by Gasteiger charge is -2.26. The summed E-state index contributed by atoms with van der Waals surface area (Å²) in [6.07, 6.45) is 2.57. The summed E-state index contributed by atoms with van der Waals surface area (Å²) in [6, 6.07) is 3.62. The van der Waals surface area contributed by atoms with Gasteiger partial charge in [-0.1, -0.05) is 58.0 Å². The quantitative estimate of drug-likeness (QED) is 0.0822. The first-order valence-corrected chi connectivity index (χ1v) is 16.3. The molecular weight excluding hydrogens is 602 g/mol. The van der Waals surface area contributed by atoms with Crippen molar-refractivity contribution in [3.8, 4) is 0 Å². The minimum Gasteiger partial charge on any atom is -0.394 e. The van der Waals surface area contributed by atoms with Gasteiger partial charge in [0, 0.05) is 6.42 Å². The number of hydrogen-bond donors (Lipinski definition) is 8. The molecule has 0 radical (unpaired) electrons. The number of amides is 6. The second-order valence-electron chi connectivity index (χ2n) is 11.5. The number of hydrogen-bond acceptors (Lipinski definition) is 9. The lowest BCUT2D eigenvalue weighted by Crippen LogP contribution is -2.58. The third-order valence-corrected chi connectivity index (χ3v) is 7.39. The van der Waals surface area contributed by atoms with Crippen LogP contribution in [0.5, 0.6) is 0 Å². The highest BCUT2D eigenvalue weighted by Crippen LogP contribution is 2.09. The zero-order chi connectivity index (χ0) is 34.1. The fraction of sp³-hybridized carbons (Fsp3) is 0.600. The number of carbonyl (C=O) groups excluding carboxylic acids is 6. The van der Waals surface area contributed by atoms with E-state index in [0.29, 0.717) is 12.2 Å². The number of benzene rings is 1. The van der Waals surface area contributed by atoms with Crippen LogP contribution in [0.3, 0.4) is 0 Å². The van der Waals surface area contributed by atoms with E-state index in [1.807, 2.05) is 20.1 Å². The monoisotopic (exact) mass is 651 g/mol. The van der Waals surface area contributed by atoms with Gasteiger partial charge in [0.15, 0.2) is 0 Å². The van der Waals surface area contributed by atoms with Crippen LogP contribution in [0.25, 0.3) is 0 Å². The van der Waals surface area contributed by atoms with Crippen LogP contribution in [-0.4, -0.2) is 95.9 Å². The number of aliphatic hydroxyl groups is 1. The average Bonchev–Trinajstić information content (AvgIpc) is 2.99. The SMILES string of the molecule is CSCC[C@H](NC(=O)[C@H](CC(C)C)NC(=O)CNC(=O)[C@@H](NC(=O)[C@H](Cc1ccccc1)NC(=O)[C@@H](N)CO)C(C)C)C(N)=O. The van der Waals surface area contributed by atoms with Crippen molar-refractivity contribution < 1.29 is 33.9 Å². The van der Waals surface area contributed by atoms with Crippen LogP contribution in [0, 0.1) is 11.8 Å². The van der Waals surface area contributed by atoms with Crippen LogP contribution in [0.4, 0.5) is 0 Å². The van der Waals surface area contributed by atoms with Gasteiger partial charge >= 0.3 is 0 Å². The molecule has 0 bridgehead atoms. The summed E-state index contributed by atoms with van der Waals surface area (Å²) >= 11 is 1.50. The van der Waals surface area contributed by atoms with E-state index in [-0.39, 0.29) is 18.8 Å². The minimum atomic E-state index is -1.24. The zero-order valence-electron chi connectivity index (χ0n) is 26.6. The Morgan fingerprint density at radius 2 is 1.42 bits per heavy atom. The van der Waals surface area contributed by atoms with E-state index >= 15 is 0 Å². The Bertz CT molecular complexity index is 1140. The summed E-state index contributed by atoms with van der Waals surface area (Å²) in [5, 5.41) is 22.1. The van der Waals surface area contributed by atoms with Crippen molar-refractivity contribution in [3.63, 3.8) is 0 Å². The number of rotatable bonds is 20. The highest BCUT2D eigenvalue weighted by Gasteiger charge is 2.31. The van der Waals surface area contributed by atoms with E-state index in [2.05, 4.69) is 26.6 Å². The first-order chi connectivity index (χ1) is 21.2. The van der Waals surface area contributed by atoms with Crippen LogP contribution < -0.4 is 38.1 Å². The number of nitrogens with two attached hydrogens (primary N) is 2. The van der Waals surface area contributed by atoms with Crippen molar-refractivity contribution in [1.29, 1.82) is 0 Å². The Balaban J connectivity index is 2.94. The number of thioether (sulfide) groups is 1. The van der Waals surface area contributed by atoms with Gasteiger partial charge in [0.2, 0.25) is 35.4 Å². The maximum atomic E-state index is 13.3. The molecule has 10 N–H and O–H groups in total. The van der Waals surface area contributed by atoms with E-state index in [1.54, 1.807) is 44.2 Å². The summed E-state index contributed by atoms with van der Waals surface area (Å²) in [7, 11) is 0. The molecule has 1 aromatic rings. The van der Waals surface area contributed by atoms with Gasteiger partial charge in [-0.15, -0.1) is 0 Å². The largest absolute Gasteiger partial charge is 0.394 e. The summed E-state index contributed by atoms with van der Waals surface area (Å²) in [4.78, 5) is 76.4. The Morgan fingerprint density at radius 1 is 0.822 bits per heavy atom. The van der Waals surface area contributed by atoms with Crippen molar-refractivity contribution in [2.24, 2.45) is 23.3 Å². The summed E-state index contributed by atoms with van der Waals surface area (Å²) in [5.74, 6) is -3.72. The van der Waals surface area contributed by atoms with Crippen LogP contribution in [0.1, 0.15) is 46.1 Å². The van der Waals surface area contributed by atoms with E-state index in [4.69, 9.17) is 11.5 Å². The molecule has 0 aliphatic carbocycles. The first-order valence-electron chi connectivity index (χ1n) is 14.9. The summed E-state index contributed by atoms with van der Waals surface area (Å²) < 4.78 is 0. The molecule has 15 heteroatoms. The van der Waals surface area contributed by atoms with Crippen molar-refractivity contribution in [2.45, 2.75) is 77.2 Å². The second-order valence-corrected chi connectivity index (χ2v) is 12.5. The van der Waals surface area contributed by atoms with Crippen molar-refractivity contribution >= 4 is 47.2 Å². The van der Waals surface area contributed by atoms with E-state index in [9.17, 15) is 33.9 Å². The second kappa shape index (κ2) is 20.4. The third kappa shape index (κ3) is 14.8. The van der Waals surface area contributed by atoms with Crippen molar-refractivity contribution in [2.75, 3.05) is 25.2 Å². The smallest absolute Gasteiger partial charge is 0.243 e. The van der Waals surface area contributed by atoms with Crippen molar-refractivity contribution in [1.82, 2.24) is 26.6 Å². The van der Waals surface area contributed by atoms with Gasteiger partial charge in [-0.05, 0) is 42.2 Å². The van der Waals surface area contributed by atoms with E-state index in [0.717, 1.165) is 5.56 Å². The molecule has 0 spiro atoms. The molecule has 1 aromatic carbocycles. The molecule has 0 saturated carbocycles. The molecule has 5 atom stereocenters. The lowest BCUT2D eigenvalue weighted by molar-refractivity contribution is -0.134. The summed E-state index contributed by atoms with van der Waals surface area (Å²) in [5.41, 5.74) is 11.8. The molecule has 0 unspecified atom stereocenters. The number of nitrogens with one attached hydrogen (secondary N) is 5. The Morgan fingerprint density at radius 3 is 1.96 bits per heavy atom. The molecule has 0 aliphatic rings. The van der Waals surface area contributed by atoms with Crippen LogP contribution in [0.15, 0.2) is 30.3 Å². The summed E-state index contributed by atoms with van der Waals surface area (Å²) in [6.45, 7) is 6.04. The van der Waals surface area contributed by atoms with Gasteiger partial charge in [0.1, 0.15) is 30.2 Å². The predicted octanol–water partition coefficient (Wildman–Crippen LogP) is -1.46. The van der Waals surface area contributed by atoms with E-state index in [1.165, 1.54) is 11.8 Å². The molecule has 0 aromatic heterocycles. The third-order valence-electron chi connectivity index (χ3n) is 6.75. The van der Waals surface area contributed by atoms with E-state index < -0.39 is 84.7 Å². The van der Waals surface area contributed by atoms with Gasteiger partial charge < -0.3 is 43.2 Å². The predicted molar refractivity (Wildman–Crippen MR) is 172 cm³/mol. The molecule has 45 heavy (non-hydrogen) atoms. The lowest BCUT2D eigenvalue weighted by atomic mass is 10.0. The molecule has 0 aliphatic heterocycles. The fourth-order valence-corrected chi connectivity index (χ4v) is 4.70. The molecule has 0 fully saturated rings. The standard InChI is InChI=1S/C30H49N7O7S/c1-17(2)13-22(28(42)35-21(26(32)40)11-12-45-5)34-24(39)15-33-30(44)25(18(3)4)37-29(43)23(36-27(41)20(31)16-38)14-19-9-7-6-8-10-19/h6-10,17-18,20-23,25,38H,11-16,31H2,1-5H3,(H2,32,40)(H,33,44)(H,34,39)(H,35,42)(H,36,41)(H,37,43)/t20-,21-,22-,23-,25-/m0/s1. The van der Waals surface area contributed by atoms with Gasteiger partial charge in [0.25, 0.3) is 0 Å². The average molecular weight is 652 g/mol. The van der Waals surface area contributed by atoms with Crippen LogP contribution >= 0.6 is 11.8 Å². The molecule has 0 heterocycles. The topological polar surface area (TPSA) is 235 Å². The number of primary amides is 1. The molecule has 14 nitrogen and oxygen atoms in total. The highest BCUT2D eigenvalue weighted by atomic mass is 32.2. The molecule has 0 saturated heterocycles. The van der Waals surface area contributed by atoms with Crippen LogP contribution in [-0.2, 0) is 35.2 Å².